The van der Waals surface area contributed by atoms with E-state index in [1.54, 1.807) is 49.4 Å². The van der Waals surface area contributed by atoms with Gasteiger partial charge in [0, 0.05) is 10.6 Å². The summed E-state index contributed by atoms with van der Waals surface area (Å²) in [6.45, 7) is 1.80. The molecule has 0 heterocycles. The molecule has 20 heavy (non-hydrogen) atoms. The van der Waals surface area contributed by atoms with Crippen LogP contribution in [0.5, 0.6) is 0 Å². The summed E-state index contributed by atoms with van der Waals surface area (Å²) in [5.41, 5.74) is 7.24. The quantitative estimate of drug-likeness (QED) is 0.911. The summed E-state index contributed by atoms with van der Waals surface area (Å²) in [7, 11) is 0. The Morgan fingerprint density at radius 2 is 1.75 bits per heavy atom. The Bertz CT molecular complexity index is 666. The predicted octanol–water partition coefficient (Wildman–Crippen LogP) is 3.00. The lowest BCUT2D eigenvalue weighted by Gasteiger charge is -2.12. The van der Waals surface area contributed by atoms with Gasteiger partial charge < -0.3 is 11.1 Å². The van der Waals surface area contributed by atoms with Gasteiger partial charge >= 0.3 is 0 Å². The van der Waals surface area contributed by atoms with Crippen LogP contribution in [-0.2, 0) is 0 Å². The third-order valence-electron chi connectivity index (χ3n) is 2.88. The van der Waals surface area contributed by atoms with Crippen LogP contribution < -0.4 is 11.1 Å². The van der Waals surface area contributed by atoms with E-state index in [1.807, 2.05) is 0 Å². The number of primary amides is 1. The highest BCUT2D eigenvalue weighted by Gasteiger charge is 2.14. The zero-order valence-corrected chi connectivity index (χ0v) is 11.6. The van der Waals surface area contributed by atoms with Crippen molar-refractivity contribution in [3.05, 3.63) is 64.2 Å². The number of amides is 2. The number of benzene rings is 2. The van der Waals surface area contributed by atoms with Crippen LogP contribution >= 0.6 is 11.6 Å². The van der Waals surface area contributed by atoms with Crippen LogP contribution in [0, 0.1) is 6.92 Å². The fourth-order valence-electron chi connectivity index (χ4n) is 1.83. The van der Waals surface area contributed by atoms with Crippen LogP contribution in [0.15, 0.2) is 42.5 Å². The predicted molar refractivity (Wildman–Crippen MR) is 79.1 cm³/mol. The lowest BCUT2D eigenvalue weighted by molar-refractivity contribution is 0.100. The number of carbonyl (C=O) groups is 2. The average molecular weight is 289 g/mol. The molecule has 2 aromatic rings. The molecule has 4 nitrogen and oxygen atoms in total. The summed E-state index contributed by atoms with van der Waals surface area (Å²) >= 11 is 5.78. The van der Waals surface area contributed by atoms with Crippen LogP contribution in [0.25, 0.3) is 0 Å². The van der Waals surface area contributed by atoms with Crippen molar-refractivity contribution in [2.75, 3.05) is 5.32 Å². The molecule has 0 bridgehead atoms. The molecule has 0 saturated heterocycles. The number of nitrogens with two attached hydrogens (primary N) is 1. The fourth-order valence-corrected chi connectivity index (χ4v) is 1.95. The molecule has 102 valence electrons. The highest BCUT2D eigenvalue weighted by molar-refractivity contribution is 6.30. The first-order valence-electron chi connectivity index (χ1n) is 5.95. The molecule has 3 N–H and O–H groups in total. The first kappa shape index (κ1) is 14.1. The molecule has 0 saturated carbocycles. The summed E-state index contributed by atoms with van der Waals surface area (Å²) in [6, 6.07) is 11.6. The van der Waals surface area contributed by atoms with Gasteiger partial charge in [-0.1, -0.05) is 23.7 Å². The van der Waals surface area contributed by atoms with E-state index in [2.05, 4.69) is 5.32 Å². The number of halogens is 1. The first-order valence-corrected chi connectivity index (χ1v) is 6.33. The monoisotopic (exact) mass is 288 g/mol. The van der Waals surface area contributed by atoms with Gasteiger partial charge in [-0.25, -0.2) is 0 Å². The number of para-hydroxylation sites is 1. The molecule has 0 aliphatic heterocycles. The smallest absolute Gasteiger partial charge is 0.255 e. The molecule has 0 atom stereocenters. The fraction of sp³-hybridized carbons (Fsp3) is 0.0667. The van der Waals surface area contributed by atoms with Gasteiger partial charge in [0.05, 0.1) is 11.3 Å². The number of hydrogen-bond acceptors (Lipinski definition) is 2. The summed E-state index contributed by atoms with van der Waals surface area (Å²) in [4.78, 5) is 23.5. The Hall–Kier alpha value is -2.33. The number of anilines is 1. The van der Waals surface area contributed by atoms with Gasteiger partial charge in [0.2, 0.25) is 0 Å². The van der Waals surface area contributed by atoms with Crippen molar-refractivity contribution < 1.29 is 9.59 Å². The van der Waals surface area contributed by atoms with Crippen molar-refractivity contribution in [3.8, 4) is 0 Å². The number of hydrogen-bond donors (Lipinski definition) is 2. The molecule has 2 aromatic carbocycles. The number of carbonyl (C=O) groups excluding carboxylic acids is 2. The van der Waals surface area contributed by atoms with Gasteiger partial charge in [0.1, 0.15) is 0 Å². The van der Waals surface area contributed by atoms with Crippen molar-refractivity contribution in [1.29, 1.82) is 0 Å². The standard InChI is InChI=1S/C15H13ClN2O2/c1-9-3-2-4-12(14(17)19)13(9)18-15(20)10-5-7-11(16)8-6-10/h2-8H,1H3,(H2,17,19)(H,18,20). The van der Waals surface area contributed by atoms with E-state index >= 15 is 0 Å². The maximum absolute atomic E-state index is 12.1. The number of aryl methyl sites for hydroxylation is 1. The molecule has 0 aromatic heterocycles. The molecule has 0 spiro atoms. The van der Waals surface area contributed by atoms with Crippen molar-refractivity contribution in [1.82, 2.24) is 0 Å². The molecule has 0 radical (unpaired) electrons. The minimum absolute atomic E-state index is 0.285. The van der Waals surface area contributed by atoms with Gasteiger partial charge in [0.15, 0.2) is 0 Å². The third kappa shape index (κ3) is 2.97. The zero-order chi connectivity index (χ0) is 14.7. The Morgan fingerprint density at radius 1 is 1.10 bits per heavy atom. The largest absolute Gasteiger partial charge is 0.366 e. The second-order valence-corrected chi connectivity index (χ2v) is 4.76. The number of rotatable bonds is 3. The molecular weight excluding hydrogens is 276 g/mol. The van der Waals surface area contributed by atoms with Crippen LogP contribution in [0.1, 0.15) is 26.3 Å². The Balaban J connectivity index is 2.32. The molecule has 2 amide bonds. The maximum Gasteiger partial charge on any atom is 0.255 e. The molecule has 0 aliphatic carbocycles. The summed E-state index contributed by atoms with van der Waals surface area (Å²) in [6.07, 6.45) is 0. The van der Waals surface area contributed by atoms with E-state index in [1.165, 1.54) is 0 Å². The summed E-state index contributed by atoms with van der Waals surface area (Å²) in [5.74, 6) is -0.904. The van der Waals surface area contributed by atoms with E-state index in [4.69, 9.17) is 17.3 Å². The van der Waals surface area contributed by atoms with Gasteiger partial charge in [-0.05, 0) is 42.8 Å². The molecule has 0 unspecified atom stereocenters. The number of nitrogens with one attached hydrogen (secondary N) is 1. The van der Waals surface area contributed by atoms with Crippen molar-refractivity contribution in [2.45, 2.75) is 6.92 Å². The first-order chi connectivity index (χ1) is 9.49. The topological polar surface area (TPSA) is 72.2 Å². The maximum atomic E-state index is 12.1. The lowest BCUT2D eigenvalue weighted by Crippen LogP contribution is -2.19. The highest BCUT2D eigenvalue weighted by atomic mass is 35.5. The van der Waals surface area contributed by atoms with Gasteiger partial charge in [-0.2, -0.15) is 0 Å². The van der Waals surface area contributed by atoms with E-state index in [0.717, 1.165) is 5.56 Å². The van der Waals surface area contributed by atoms with E-state index in [-0.39, 0.29) is 11.5 Å². The van der Waals surface area contributed by atoms with Crippen molar-refractivity contribution in [3.63, 3.8) is 0 Å². The van der Waals surface area contributed by atoms with Crippen LogP contribution in [-0.4, -0.2) is 11.8 Å². The lowest BCUT2D eigenvalue weighted by atomic mass is 10.1. The minimum atomic E-state index is -0.583. The van der Waals surface area contributed by atoms with Gasteiger partial charge in [-0.3, -0.25) is 9.59 Å². The van der Waals surface area contributed by atoms with Crippen LogP contribution in [0.3, 0.4) is 0 Å². The molecular formula is C15H13ClN2O2. The Kier molecular flexibility index (Phi) is 4.05. The van der Waals surface area contributed by atoms with Crippen molar-refractivity contribution >= 4 is 29.1 Å². The summed E-state index contributed by atoms with van der Waals surface area (Å²) in [5, 5.41) is 3.26. The average Bonchev–Trinajstić information content (AvgIpc) is 2.41. The van der Waals surface area contributed by atoms with Gasteiger partial charge in [0.25, 0.3) is 11.8 Å². The third-order valence-corrected chi connectivity index (χ3v) is 3.14. The normalized spacial score (nSPS) is 10.1. The van der Waals surface area contributed by atoms with E-state index < -0.39 is 5.91 Å². The second-order valence-electron chi connectivity index (χ2n) is 4.32. The Labute approximate surface area is 121 Å². The highest BCUT2D eigenvalue weighted by Crippen LogP contribution is 2.21. The SMILES string of the molecule is Cc1cccc(C(N)=O)c1NC(=O)c1ccc(Cl)cc1. The van der Waals surface area contributed by atoms with E-state index in [9.17, 15) is 9.59 Å². The molecule has 0 fully saturated rings. The minimum Gasteiger partial charge on any atom is -0.366 e. The Morgan fingerprint density at radius 3 is 2.35 bits per heavy atom. The van der Waals surface area contributed by atoms with Crippen molar-refractivity contribution in [2.24, 2.45) is 5.73 Å². The van der Waals surface area contributed by atoms with Crippen LogP contribution in [0.4, 0.5) is 5.69 Å². The van der Waals surface area contributed by atoms with E-state index in [0.29, 0.717) is 16.3 Å². The molecule has 5 heteroatoms. The zero-order valence-electron chi connectivity index (χ0n) is 10.8. The summed E-state index contributed by atoms with van der Waals surface area (Å²) < 4.78 is 0. The molecule has 0 aliphatic rings. The second kappa shape index (κ2) is 5.75. The van der Waals surface area contributed by atoms with Crippen LogP contribution in [0.2, 0.25) is 5.02 Å². The van der Waals surface area contributed by atoms with Gasteiger partial charge in [-0.15, -0.1) is 0 Å². The molecule has 2 rings (SSSR count).